The highest BCUT2D eigenvalue weighted by Crippen LogP contribution is 2.13. The minimum atomic E-state index is -1.02. The Morgan fingerprint density at radius 1 is 1.29 bits per heavy atom. The Kier molecular flexibility index (Phi) is 3.85. The molecule has 92 valence electrons. The Morgan fingerprint density at radius 2 is 1.94 bits per heavy atom. The van der Waals surface area contributed by atoms with Crippen molar-refractivity contribution in [2.45, 2.75) is 19.4 Å². The van der Waals surface area contributed by atoms with E-state index >= 15 is 0 Å². The third kappa shape index (κ3) is 3.29. The summed E-state index contributed by atoms with van der Waals surface area (Å²) in [5.41, 5.74) is -0.0949. The second kappa shape index (κ2) is 4.97. The molecule has 0 aliphatic heterocycles. The van der Waals surface area contributed by atoms with E-state index < -0.39 is 11.5 Å². The van der Waals surface area contributed by atoms with Crippen LogP contribution in [0, 0.1) is 0 Å². The predicted molar refractivity (Wildman–Crippen MR) is 65.2 cm³/mol. The lowest BCUT2D eigenvalue weighted by Crippen LogP contribution is -2.47. The lowest BCUT2D eigenvalue weighted by molar-refractivity contribution is -0.121. The number of likely N-dealkylation sites (N-methyl/N-ethyl adjacent to an activating group) is 1. The van der Waals surface area contributed by atoms with Crippen LogP contribution >= 0.6 is 0 Å². The number of carboxylic acid groups (broad SMARTS) is 1. The largest absolute Gasteiger partial charge is 0.478 e. The first-order valence-electron chi connectivity index (χ1n) is 5.20. The second-order valence-corrected chi connectivity index (χ2v) is 4.22. The molecule has 0 spiro atoms. The van der Waals surface area contributed by atoms with Gasteiger partial charge in [-0.15, -0.1) is 0 Å². The number of carboxylic acids is 1. The molecule has 0 aromatic heterocycles. The molecule has 0 radical (unpaired) electrons. The van der Waals surface area contributed by atoms with Crippen molar-refractivity contribution in [2.24, 2.45) is 0 Å². The van der Waals surface area contributed by atoms with Gasteiger partial charge in [-0.3, -0.25) is 4.79 Å². The number of hydrogen-bond donors (Lipinski definition) is 3. The van der Waals surface area contributed by atoms with E-state index in [1.165, 1.54) is 12.1 Å². The highest BCUT2D eigenvalue weighted by molar-refractivity contribution is 5.98. The van der Waals surface area contributed by atoms with Crippen molar-refractivity contribution in [3.8, 4) is 0 Å². The van der Waals surface area contributed by atoms with Crippen molar-refractivity contribution >= 4 is 17.6 Å². The van der Waals surface area contributed by atoms with Gasteiger partial charge in [0.1, 0.15) is 0 Å². The zero-order valence-corrected chi connectivity index (χ0v) is 10.1. The molecule has 1 amide bonds. The topological polar surface area (TPSA) is 78.4 Å². The van der Waals surface area contributed by atoms with E-state index in [4.69, 9.17) is 5.11 Å². The molecule has 0 fully saturated rings. The normalized spacial score (nSPS) is 11.0. The van der Waals surface area contributed by atoms with Crippen molar-refractivity contribution in [3.05, 3.63) is 29.8 Å². The van der Waals surface area contributed by atoms with E-state index in [9.17, 15) is 9.59 Å². The van der Waals surface area contributed by atoms with Crippen LogP contribution in [0.5, 0.6) is 0 Å². The minimum absolute atomic E-state index is 0.144. The molecule has 0 unspecified atom stereocenters. The smallest absolute Gasteiger partial charge is 0.335 e. The summed E-state index contributed by atoms with van der Waals surface area (Å²) in [4.78, 5) is 22.6. The van der Waals surface area contributed by atoms with Crippen molar-refractivity contribution in [1.29, 1.82) is 0 Å². The highest BCUT2D eigenvalue weighted by Gasteiger charge is 2.25. The number of aromatic carboxylic acids is 1. The van der Waals surface area contributed by atoms with Crippen LogP contribution in [0.4, 0.5) is 5.69 Å². The summed E-state index contributed by atoms with van der Waals surface area (Å²) >= 11 is 0. The van der Waals surface area contributed by atoms with Gasteiger partial charge < -0.3 is 15.7 Å². The monoisotopic (exact) mass is 236 g/mol. The number of carbonyl (C=O) groups excluding carboxylic acids is 1. The maximum absolute atomic E-state index is 11.8. The van der Waals surface area contributed by atoms with Gasteiger partial charge in [0.2, 0.25) is 5.91 Å². The Balaban J connectivity index is 2.86. The van der Waals surface area contributed by atoms with Crippen LogP contribution in [0.3, 0.4) is 0 Å². The first kappa shape index (κ1) is 13.2. The van der Waals surface area contributed by atoms with Crippen LogP contribution in [0.2, 0.25) is 0 Å². The number of nitrogens with one attached hydrogen (secondary N) is 2. The lowest BCUT2D eigenvalue weighted by Gasteiger charge is -2.22. The molecule has 1 aromatic rings. The average molecular weight is 236 g/mol. The summed E-state index contributed by atoms with van der Waals surface area (Å²) in [5, 5.41) is 14.4. The third-order valence-corrected chi connectivity index (χ3v) is 2.56. The summed E-state index contributed by atoms with van der Waals surface area (Å²) in [7, 11) is 1.69. The molecule has 5 nitrogen and oxygen atoms in total. The first-order valence-corrected chi connectivity index (χ1v) is 5.20. The molecule has 0 bridgehead atoms. The summed E-state index contributed by atoms with van der Waals surface area (Å²) in [6.45, 7) is 3.48. The zero-order valence-electron chi connectivity index (χ0n) is 10.1. The molecule has 0 aliphatic carbocycles. The molecule has 5 heteroatoms. The van der Waals surface area contributed by atoms with Gasteiger partial charge in [0, 0.05) is 5.69 Å². The molecule has 0 aliphatic rings. The van der Waals surface area contributed by atoms with Gasteiger partial charge in [-0.2, -0.15) is 0 Å². The van der Waals surface area contributed by atoms with Gasteiger partial charge >= 0.3 is 5.97 Å². The van der Waals surface area contributed by atoms with Crippen LogP contribution in [0.25, 0.3) is 0 Å². The fraction of sp³-hybridized carbons (Fsp3) is 0.333. The number of hydrogen-bond acceptors (Lipinski definition) is 3. The van der Waals surface area contributed by atoms with Gasteiger partial charge in [0.25, 0.3) is 0 Å². The fourth-order valence-corrected chi connectivity index (χ4v) is 1.13. The average Bonchev–Trinajstić information content (AvgIpc) is 2.29. The summed E-state index contributed by atoms with van der Waals surface area (Å²) < 4.78 is 0. The summed E-state index contributed by atoms with van der Waals surface area (Å²) in [6.07, 6.45) is 0. The van der Waals surface area contributed by atoms with E-state index in [0.29, 0.717) is 5.69 Å². The molecule has 1 rings (SSSR count). The lowest BCUT2D eigenvalue weighted by atomic mass is 10.0. The Bertz CT molecular complexity index is 441. The van der Waals surface area contributed by atoms with Gasteiger partial charge in [-0.25, -0.2) is 4.79 Å². The minimum Gasteiger partial charge on any atom is -0.478 e. The SMILES string of the molecule is CNC(C)(C)C(=O)Nc1cccc(C(=O)O)c1. The van der Waals surface area contributed by atoms with Gasteiger partial charge in [0.15, 0.2) is 0 Å². The fourth-order valence-electron chi connectivity index (χ4n) is 1.13. The molecule has 3 N–H and O–H groups in total. The van der Waals surface area contributed by atoms with Crippen LogP contribution in [-0.4, -0.2) is 29.6 Å². The van der Waals surface area contributed by atoms with Gasteiger partial charge in [-0.05, 0) is 39.1 Å². The molecule has 0 heterocycles. The highest BCUT2D eigenvalue weighted by atomic mass is 16.4. The molecular formula is C12H16N2O3. The summed E-state index contributed by atoms with van der Waals surface area (Å²) in [5.74, 6) is -1.24. The molecule has 17 heavy (non-hydrogen) atoms. The van der Waals surface area contributed by atoms with Crippen molar-refractivity contribution in [2.75, 3.05) is 12.4 Å². The molecule has 0 atom stereocenters. The Morgan fingerprint density at radius 3 is 2.47 bits per heavy atom. The van der Waals surface area contributed by atoms with E-state index in [0.717, 1.165) is 0 Å². The number of carbonyl (C=O) groups is 2. The van der Waals surface area contributed by atoms with E-state index in [1.807, 2.05) is 0 Å². The van der Waals surface area contributed by atoms with E-state index in [1.54, 1.807) is 33.0 Å². The molecule has 0 saturated heterocycles. The van der Waals surface area contributed by atoms with E-state index in [2.05, 4.69) is 10.6 Å². The van der Waals surface area contributed by atoms with Gasteiger partial charge in [-0.1, -0.05) is 6.07 Å². The second-order valence-electron chi connectivity index (χ2n) is 4.22. The standard InChI is InChI=1S/C12H16N2O3/c1-12(2,13-3)11(17)14-9-6-4-5-8(7-9)10(15)16/h4-7,13H,1-3H3,(H,14,17)(H,15,16). The maximum Gasteiger partial charge on any atom is 0.335 e. The predicted octanol–water partition coefficient (Wildman–Crippen LogP) is 1.32. The van der Waals surface area contributed by atoms with Crippen LogP contribution in [0.1, 0.15) is 24.2 Å². The Hall–Kier alpha value is -1.88. The molecule has 1 aromatic carbocycles. The first-order chi connectivity index (χ1) is 7.86. The van der Waals surface area contributed by atoms with Crippen LogP contribution in [0.15, 0.2) is 24.3 Å². The number of anilines is 1. The maximum atomic E-state index is 11.8. The van der Waals surface area contributed by atoms with E-state index in [-0.39, 0.29) is 11.5 Å². The van der Waals surface area contributed by atoms with Crippen molar-refractivity contribution in [1.82, 2.24) is 5.32 Å². The van der Waals surface area contributed by atoms with Gasteiger partial charge in [0.05, 0.1) is 11.1 Å². The zero-order chi connectivity index (χ0) is 13.1. The molecule has 0 saturated carbocycles. The molecular weight excluding hydrogens is 220 g/mol. The quantitative estimate of drug-likeness (QED) is 0.736. The number of amides is 1. The van der Waals surface area contributed by atoms with Crippen molar-refractivity contribution in [3.63, 3.8) is 0 Å². The Labute approximate surface area is 99.8 Å². The van der Waals surface area contributed by atoms with Crippen LogP contribution < -0.4 is 10.6 Å². The summed E-state index contributed by atoms with van der Waals surface area (Å²) in [6, 6.07) is 6.13. The number of benzene rings is 1. The number of rotatable bonds is 4. The third-order valence-electron chi connectivity index (χ3n) is 2.56. The van der Waals surface area contributed by atoms with Crippen molar-refractivity contribution < 1.29 is 14.7 Å². The van der Waals surface area contributed by atoms with Crippen LogP contribution in [-0.2, 0) is 4.79 Å².